The number of benzene rings is 3. The van der Waals surface area contributed by atoms with Crippen LogP contribution in [0.25, 0.3) is 0 Å². The molecule has 0 heterocycles. The molecule has 5 nitrogen and oxygen atoms in total. The SMILES string of the molecule is CC(C)(C)c1ccc(OCC(=O)N(Cc2ccc(F)cc2)[C@H](Cc2ccccc2)C(=O)NC2CCCC2)cc1. The van der Waals surface area contributed by atoms with Gasteiger partial charge >= 0.3 is 0 Å². The zero-order valence-electron chi connectivity index (χ0n) is 23.2. The van der Waals surface area contributed by atoms with Crippen LogP contribution < -0.4 is 10.1 Å². The first kappa shape index (κ1) is 28.3. The molecule has 0 aromatic heterocycles. The predicted molar refractivity (Wildman–Crippen MR) is 152 cm³/mol. The lowest BCUT2D eigenvalue weighted by Crippen LogP contribution is -2.53. The van der Waals surface area contributed by atoms with Crippen molar-refractivity contribution >= 4 is 11.8 Å². The molecule has 0 radical (unpaired) electrons. The van der Waals surface area contributed by atoms with E-state index >= 15 is 0 Å². The highest BCUT2D eigenvalue weighted by Gasteiger charge is 2.32. The van der Waals surface area contributed by atoms with Crippen LogP contribution in [0.1, 0.15) is 63.1 Å². The molecule has 0 saturated heterocycles. The Bertz CT molecular complexity index is 1210. The summed E-state index contributed by atoms with van der Waals surface area (Å²) in [5.41, 5.74) is 2.88. The summed E-state index contributed by atoms with van der Waals surface area (Å²) in [6, 6.07) is 22.9. The Hall–Kier alpha value is -3.67. The van der Waals surface area contributed by atoms with E-state index in [1.54, 1.807) is 17.0 Å². The third-order valence-corrected chi connectivity index (χ3v) is 7.32. The van der Waals surface area contributed by atoms with Gasteiger partial charge in [-0.25, -0.2) is 4.39 Å². The minimum Gasteiger partial charge on any atom is -0.484 e. The number of hydrogen-bond acceptors (Lipinski definition) is 3. The molecule has 1 fully saturated rings. The molecule has 1 N–H and O–H groups in total. The summed E-state index contributed by atoms with van der Waals surface area (Å²) in [7, 11) is 0. The maximum absolute atomic E-state index is 13.7. The molecule has 1 aliphatic rings. The third-order valence-electron chi connectivity index (χ3n) is 7.32. The largest absolute Gasteiger partial charge is 0.484 e. The molecule has 1 saturated carbocycles. The van der Waals surface area contributed by atoms with Gasteiger partial charge in [0, 0.05) is 19.0 Å². The number of hydrogen-bond donors (Lipinski definition) is 1. The van der Waals surface area contributed by atoms with Gasteiger partial charge in [-0.3, -0.25) is 9.59 Å². The van der Waals surface area contributed by atoms with E-state index in [1.165, 1.54) is 17.7 Å². The Morgan fingerprint density at radius 2 is 1.56 bits per heavy atom. The first-order valence-corrected chi connectivity index (χ1v) is 13.8. The minimum absolute atomic E-state index is 0.0116. The van der Waals surface area contributed by atoms with Crippen LogP contribution in [0.4, 0.5) is 4.39 Å². The van der Waals surface area contributed by atoms with Gasteiger partial charge in [0.2, 0.25) is 5.91 Å². The molecular weight excluding hydrogens is 491 g/mol. The number of ether oxygens (including phenoxy) is 1. The summed E-state index contributed by atoms with van der Waals surface area (Å²) >= 11 is 0. The number of carbonyl (C=O) groups is 2. The fourth-order valence-electron chi connectivity index (χ4n) is 4.99. The maximum Gasteiger partial charge on any atom is 0.261 e. The Labute approximate surface area is 231 Å². The summed E-state index contributed by atoms with van der Waals surface area (Å²) in [6.45, 7) is 6.38. The number of carbonyl (C=O) groups excluding carboxylic acids is 2. The molecular formula is C33H39FN2O3. The summed E-state index contributed by atoms with van der Waals surface area (Å²) < 4.78 is 19.5. The molecule has 0 spiro atoms. The molecule has 2 amide bonds. The Balaban J connectivity index is 1.58. The van der Waals surface area contributed by atoms with Gasteiger partial charge in [0.25, 0.3) is 5.91 Å². The van der Waals surface area contributed by atoms with Gasteiger partial charge in [0.1, 0.15) is 17.6 Å². The normalized spacial score (nSPS) is 14.6. The van der Waals surface area contributed by atoms with Crippen LogP contribution in [0.15, 0.2) is 78.9 Å². The topological polar surface area (TPSA) is 58.6 Å². The molecule has 39 heavy (non-hydrogen) atoms. The third kappa shape index (κ3) is 8.16. The van der Waals surface area contributed by atoms with Crippen molar-refractivity contribution in [2.24, 2.45) is 0 Å². The maximum atomic E-state index is 13.7. The Kier molecular flexibility index (Phi) is 9.39. The molecule has 3 aromatic carbocycles. The van der Waals surface area contributed by atoms with Crippen LogP contribution in [-0.2, 0) is 28.0 Å². The Morgan fingerprint density at radius 3 is 2.18 bits per heavy atom. The average molecular weight is 531 g/mol. The van der Waals surface area contributed by atoms with Crippen LogP contribution >= 0.6 is 0 Å². The summed E-state index contributed by atoms with van der Waals surface area (Å²) in [5, 5.41) is 3.19. The quantitative estimate of drug-likeness (QED) is 0.340. The lowest BCUT2D eigenvalue weighted by atomic mass is 9.87. The lowest BCUT2D eigenvalue weighted by Gasteiger charge is -2.32. The fraction of sp³-hybridized carbons (Fsp3) is 0.394. The standard InChI is InChI=1S/C33H39FN2O3/c1-33(2,3)26-15-19-29(20-16-26)39-23-31(37)36(22-25-13-17-27(34)18-14-25)30(21-24-9-5-4-6-10-24)32(38)35-28-11-7-8-12-28/h4-6,9-10,13-20,28,30H,7-8,11-12,21-23H2,1-3H3,(H,35,38)/t30-/m1/s1. The molecule has 1 atom stereocenters. The highest BCUT2D eigenvalue weighted by Crippen LogP contribution is 2.25. The smallest absolute Gasteiger partial charge is 0.261 e. The van der Waals surface area contributed by atoms with E-state index in [4.69, 9.17) is 4.74 Å². The predicted octanol–water partition coefficient (Wildman–Crippen LogP) is 6.20. The average Bonchev–Trinajstić information content (AvgIpc) is 3.43. The van der Waals surface area contributed by atoms with Gasteiger partial charge in [-0.15, -0.1) is 0 Å². The Morgan fingerprint density at radius 1 is 0.923 bits per heavy atom. The highest BCUT2D eigenvalue weighted by molar-refractivity contribution is 5.88. The molecule has 6 heteroatoms. The van der Waals surface area contributed by atoms with Gasteiger partial charge in [0.15, 0.2) is 6.61 Å². The molecule has 0 aliphatic heterocycles. The molecule has 4 rings (SSSR count). The number of rotatable bonds is 10. The van der Waals surface area contributed by atoms with Gasteiger partial charge in [-0.2, -0.15) is 0 Å². The fourth-order valence-corrected chi connectivity index (χ4v) is 4.99. The van der Waals surface area contributed by atoms with Crippen molar-refractivity contribution in [2.75, 3.05) is 6.61 Å². The second-order valence-corrected chi connectivity index (χ2v) is 11.4. The van der Waals surface area contributed by atoms with Crippen molar-refractivity contribution < 1.29 is 18.7 Å². The zero-order chi connectivity index (χ0) is 27.8. The first-order chi connectivity index (χ1) is 18.7. The number of halogens is 1. The van der Waals surface area contributed by atoms with E-state index in [2.05, 4.69) is 26.1 Å². The van der Waals surface area contributed by atoms with Crippen molar-refractivity contribution in [3.8, 4) is 5.75 Å². The van der Waals surface area contributed by atoms with E-state index in [0.29, 0.717) is 12.2 Å². The molecule has 0 bridgehead atoms. The summed E-state index contributed by atoms with van der Waals surface area (Å²) in [6.07, 6.45) is 4.45. The van der Waals surface area contributed by atoms with E-state index < -0.39 is 6.04 Å². The van der Waals surface area contributed by atoms with Gasteiger partial charge in [0.05, 0.1) is 0 Å². The van der Waals surface area contributed by atoms with Crippen molar-refractivity contribution in [1.82, 2.24) is 10.2 Å². The number of nitrogens with one attached hydrogen (secondary N) is 1. The van der Waals surface area contributed by atoms with Crippen LogP contribution in [0.5, 0.6) is 5.75 Å². The van der Waals surface area contributed by atoms with E-state index in [0.717, 1.165) is 36.8 Å². The molecule has 0 unspecified atom stereocenters. The highest BCUT2D eigenvalue weighted by atomic mass is 19.1. The van der Waals surface area contributed by atoms with Crippen molar-refractivity contribution in [2.45, 2.75) is 76.9 Å². The van der Waals surface area contributed by atoms with Crippen LogP contribution in [0.3, 0.4) is 0 Å². The van der Waals surface area contributed by atoms with Crippen LogP contribution in [0, 0.1) is 5.82 Å². The van der Waals surface area contributed by atoms with Crippen LogP contribution in [-0.4, -0.2) is 35.4 Å². The number of nitrogens with zero attached hydrogens (tertiary/aromatic N) is 1. The molecule has 206 valence electrons. The van der Waals surface area contributed by atoms with Crippen molar-refractivity contribution in [3.63, 3.8) is 0 Å². The van der Waals surface area contributed by atoms with E-state index in [-0.39, 0.29) is 42.2 Å². The van der Waals surface area contributed by atoms with E-state index in [1.807, 2.05) is 54.6 Å². The second kappa shape index (κ2) is 12.9. The number of amides is 2. The molecule has 3 aromatic rings. The van der Waals surface area contributed by atoms with Gasteiger partial charge < -0.3 is 15.0 Å². The van der Waals surface area contributed by atoms with E-state index in [9.17, 15) is 14.0 Å². The van der Waals surface area contributed by atoms with Gasteiger partial charge in [-0.1, -0.05) is 88.2 Å². The minimum atomic E-state index is -0.739. The summed E-state index contributed by atoms with van der Waals surface area (Å²) in [4.78, 5) is 29.0. The zero-order valence-corrected chi connectivity index (χ0v) is 23.2. The first-order valence-electron chi connectivity index (χ1n) is 13.8. The van der Waals surface area contributed by atoms with Crippen LogP contribution in [0.2, 0.25) is 0 Å². The lowest BCUT2D eigenvalue weighted by molar-refractivity contribution is -0.143. The van der Waals surface area contributed by atoms with Gasteiger partial charge in [-0.05, 0) is 59.2 Å². The van der Waals surface area contributed by atoms with Crippen molar-refractivity contribution in [1.29, 1.82) is 0 Å². The summed E-state index contributed by atoms with van der Waals surface area (Å²) in [5.74, 6) is -0.232. The van der Waals surface area contributed by atoms with Crippen molar-refractivity contribution in [3.05, 3.63) is 101 Å². The second-order valence-electron chi connectivity index (χ2n) is 11.4. The monoisotopic (exact) mass is 530 g/mol. The molecule has 1 aliphatic carbocycles.